The molecule has 0 aliphatic heterocycles. The summed E-state index contributed by atoms with van der Waals surface area (Å²) in [7, 11) is 0. The topological polar surface area (TPSA) is 37.8 Å². The summed E-state index contributed by atoms with van der Waals surface area (Å²) in [4.78, 5) is 0. The van der Waals surface area contributed by atoms with E-state index in [1.165, 1.54) is 37.0 Å². The minimum Gasteiger partial charge on any atom is -0.358 e. The van der Waals surface area contributed by atoms with Gasteiger partial charge in [-0.05, 0) is 29.3 Å². The second kappa shape index (κ2) is 6.35. The standard InChI is InChI=1S/C9H16BrN3S/c1-3-4-5-6-7(2)11-9-13-12-8(10)14-9/h7H,3-6H2,1-2H3,(H,11,13). The van der Waals surface area contributed by atoms with E-state index in [0.717, 1.165) is 9.05 Å². The van der Waals surface area contributed by atoms with E-state index in [0.29, 0.717) is 6.04 Å². The zero-order valence-electron chi connectivity index (χ0n) is 8.59. The van der Waals surface area contributed by atoms with E-state index in [9.17, 15) is 0 Å². The van der Waals surface area contributed by atoms with Crippen molar-refractivity contribution in [2.24, 2.45) is 0 Å². The van der Waals surface area contributed by atoms with Crippen LogP contribution in [-0.4, -0.2) is 16.2 Å². The lowest BCUT2D eigenvalue weighted by molar-refractivity contribution is 0.614. The summed E-state index contributed by atoms with van der Waals surface area (Å²) >= 11 is 4.83. The molecule has 1 atom stereocenters. The van der Waals surface area contributed by atoms with Crippen LogP contribution in [0.4, 0.5) is 5.13 Å². The molecule has 0 bridgehead atoms. The number of aromatic nitrogens is 2. The Labute approximate surface area is 97.5 Å². The SMILES string of the molecule is CCCCCC(C)Nc1nnc(Br)s1. The maximum Gasteiger partial charge on any atom is 0.206 e. The number of rotatable bonds is 6. The van der Waals surface area contributed by atoms with Crippen molar-refractivity contribution in [3.63, 3.8) is 0 Å². The van der Waals surface area contributed by atoms with Crippen molar-refractivity contribution < 1.29 is 0 Å². The van der Waals surface area contributed by atoms with Gasteiger partial charge in [-0.3, -0.25) is 0 Å². The molecule has 0 saturated heterocycles. The van der Waals surface area contributed by atoms with E-state index >= 15 is 0 Å². The van der Waals surface area contributed by atoms with Crippen molar-refractivity contribution in [2.45, 2.75) is 45.6 Å². The van der Waals surface area contributed by atoms with Gasteiger partial charge in [0.25, 0.3) is 0 Å². The van der Waals surface area contributed by atoms with Gasteiger partial charge in [0, 0.05) is 6.04 Å². The van der Waals surface area contributed by atoms with E-state index in [2.05, 4.69) is 45.3 Å². The van der Waals surface area contributed by atoms with Gasteiger partial charge in [0.15, 0.2) is 3.92 Å². The van der Waals surface area contributed by atoms with Gasteiger partial charge in [0.1, 0.15) is 0 Å². The Morgan fingerprint density at radius 2 is 2.21 bits per heavy atom. The van der Waals surface area contributed by atoms with Gasteiger partial charge in [-0.15, -0.1) is 10.2 Å². The summed E-state index contributed by atoms with van der Waals surface area (Å²) in [6.07, 6.45) is 5.07. The second-order valence-electron chi connectivity index (χ2n) is 3.40. The van der Waals surface area contributed by atoms with Gasteiger partial charge in [-0.2, -0.15) is 0 Å². The summed E-state index contributed by atoms with van der Waals surface area (Å²) in [6.45, 7) is 4.41. The fraction of sp³-hybridized carbons (Fsp3) is 0.778. The first-order chi connectivity index (χ1) is 6.72. The molecule has 5 heteroatoms. The summed E-state index contributed by atoms with van der Waals surface area (Å²) in [5.41, 5.74) is 0. The molecule has 0 fully saturated rings. The van der Waals surface area contributed by atoms with Crippen LogP contribution >= 0.6 is 27.3 Å². The molecule has 0 saturated carbocycles. The fourth-order valence-corrected chi connectivity index (χ4v) is 2.37. The first-order valence-corrected chi connectivity index (χ1v) is 6.59. The van der Waals surface area contributed by atoms with Crippen LogP contribution in [0.1, 0.15) is 39.5 Å². The molecule has 1 heterocycles. The Hall–Kier alpha value is -0.160. The number of anilines is 1. The normalized spacial score (nSPS) is 12.8. The van der Waals surface area contributed by atoms with E-state index in [1.54, 1.807) is 0 Å². The third-order valence-electron chi connectivity index (χ3n) is 2.01. The molecule has 1 unspecified atom stereocenters. The highest BCUT2D eigenvalue weighted by atomic mass is 79.9. The molecule has 3 nitrogen and oxygen atoms in total. The molecule has 1 rings (SSSR count). The van der Waals surface area contributed by atoms with E-state index < -0.39 is 0 Å². The Morgan fingerprint density at radius 1 is 1.43 bits per heavy atom. The van der Waals surface area contributed by atoms with Crippen molar-refractivity contribution in [1.29, 1.82) is 0 Å². The Morgan fingerprint density at radius 3 is 2.79 bits per heavy atom. The number of unbranched alkanes of at least 4 members (excludes halogenated alkanes) is 2. The molecule has 0 aliphatic carbocycles. The smallest absolute Gasteiger partial charge is 0.206 e. The summed E-state index contributed by atoms with van der Waals surface area (Å²) in [5.74, 6) is 0. The zero-order chi connectivity index (χ0) is 10.4. The highest BCUT2D eigenvalue weighted by Gasteiger charge is 2.05. The Bertz CT molecular complexity index is 264. The zero-order valence-corrected chi connectivity index (χ0v) is 11.0. The lowest BCUT2D eigenvalue weighted by atomic mass is 10.1. The second-order valence-corrected chi connectivity index (χ2v) is 5.65. The quantitative estimate of drug-likeness (QED) is 0.806. The van der Waals surface area contributed by atoms with Gasteiger partial charge < -0.3 is 5.32 Å². The molecule has 0 amide bonds. The summed E-state index contributed by atoms with van der Waals surface area (Å²) < 4.78 is 0.834. The lowest BCUT2D eigenvalue weighted by Crippen LogP contribution is -2.14. The molecule has 1 aromatic heterocycles. The van der Waals surface area contributed by atoms with Crippen LogP contribution in [0.5, 0.6) is 0 Å². The molecule has 1 N–H and O–H groups in total. The maximum atomic E-state index is 3.99. The van der Waals surface area contributed by atoms with Gasteiger partial charge in [-0.1, -0.05) is 37.5 Å². The van der Waals surface area contributed by atoms with Crippen molar-refractivity contribution in [3.8, 4) is 0 Å². The minimum absolute atomic E-state index is 0.487. The van der Waals surface area contributed by atoms with Gasteiger partial charge >= 0.3 is 0 Å². The summed E-state index contributed by atoms with van der Waals surface area (Å²) in [5, 5.41) is 12.1. The molecule has 14 heavy (non-hydrogen) atoms. The molecule has 0 spiro atoms. The van der Waals surface area contributed by atoms with Crippen LogP contribution in [0.2, 0.25) is 0 Å². The number of nitrogens with one attached hydrogen (secondary N) is 1. The third kappa shape index (κ3) is 4.37. The highest BCUT2D eigenvalue weighted by molar-refractivity contribution is 9.11. The average molecular weight is 278 g/mol. The van der Waals surface area contributed by atoms with Crippen LogP contribution in [0, 0.1) is 0 Å². The number of hydrogen-bond acceptors (Lipinski definition) is 4. The maximum absolute atomic E-state index is 3.99. The molecule has 0 radical (unpaired) electrons. The van der Waals surface area contributed by atoms with Crippen LogP contribution in [0.15, 0.2) is 3.92 Å². The first kappa shape index (κ1) is 11.9. The molecular weight excluding hydrogens is 262 g/mol. The predicted molar refractivity (Wildman–Crippen MR) is 64.8 cm³/mol. The number of nitrogens with zero attached hydrogens (tertiary/aromatic N) is 2. The fourth-order valence-electron chi connectivity index (χ4n) is 1.25. The van der Waals surface area contributed by atoms with Crippen molar-refractivity contribution in [1.82, 2.24) is 10.2 Å². The van der Waals surface area contributed by atoms with Crippen molar-refractivity contribution in [2.75, 3.05) is 5.32 Å². The van der Waals surface area contributed by atoms with Gasteiger partial charge in [0.2, 0.25) is 5.13 Å². The van der Waals surface area contributed by atoms with E-state index in [1.807, 2.05) is 0 Å². The Balaban J connectivity index is 2.23. The molecule has 1 aromatic rings. The Kier molecular flexibility index (Phi) is 5.40. The number of halogens is 1. The highest BCUT2D eigenvalue weighted by Crippen LogP contribution is 2.21. The van der Waals surface area contributed by atoms with Crippen LogP contribution in [-0.2, 0) is 0 Å². The van der Waals surface area contributed by atoms with E-state index in [4.69, 9.17) is 0 Å². The van der Waals surface area contributed by atoms with Crippen molar-refractivity contribution >= 4 is 32.4 Å². The van der Waals surface area contributed by atoms with Gasteiger partial charge in [-0.25, -0.2) is 0 Å². The van der Waals surface area contributed by atoms with Crippen molar-refractivity contribution in [3.05, 3.63) is 3.92 Å². The monoisotopic (exact) mass is 277 g/mol. The molecule has 0 aromatic carbocycles. The molecule has 80 valence electrons. The van der Waals surface area contributed by atoms with Crippen LogP contribution < -0.4 is 5.32 Å². The van der Waals surface area contributed by atoms with Crippen LogP contribution in [0.25, 0.3) is 0 Å². The predicted octanol–water partition coefficient (Wildman–Crippen LogP) is 3.68. The average Bonchev–Trinajstić information content (AvgIpc) is 2.52. The third-order valence-corrected chi connectivity index (χ3v) is 3.30. The van der Waals surface area contributed by atoms with Crippen LogP contribution in [0.3, 0.4) is 0 Å². The molecule has 0 aliphatic rings. The first-order valence-electron chi connectivity index (χ1n) is 4.98. The molecular formula is C9H16BrN3S. The number of hydrogen-bond donors (Lipinski definition) is 1. The van der Waals surface area contributed by atoms with Gasteiger partial charge in [0.05, 0.1) is 0 Å². The van der Waals surface area contributed by atoms with E-state index in [-0.39, 0.29) is 0 Å². The summed E-state index contributed by atoms with van der Waals surface area (Å²) in [6, 6.07) is 0.487. The lowest BCUT2D eigenvalue weighted by Gasteiger charge is -2.11. The minimum atomic E-state index is 0.487. The largest absolute Gasteiger partial charge is 0.358 e.